The first kappa shape index (κ1) is 12.9. The molecule has 1 aromatic heterocycles. The highest BCUT2D eigenvalue weighted by atomic mass is 35.5. The highest BCUT2D eigenvalue weighted by Gasteiger charge is 1.98. The number of nitrogens with zero attached hydrogens (tertiary/aromatic N) is 1. The molecule has 0 atom stereocenters. The van der Waals surface area contributed by atoms with Crippen LogP contribution in [-0.4, -0.2) is 11.5 Å². The van der Waals surface area contributed by atoms with Gasteiger partial charge in [0.1, 0.15) is 5.82 Å². The van der Waals surface area contributed by atoms with Gasteiger partial charge in [-0.25, -0.2) is 4.98 Å². The van der Waals surface area contributed by atoms with Gasteiger partial charge in [0, 0.05) is 17.0 Å². The van der Waals surface area contributed by atoms with E-state index in [0.29, 0.717) is 0 Å². The predicted octanol–water partition coefficient (Wildman–Crippen LogP) is 4.54. The quantitative estimate of drug-likeness (QED) is 0.760. The van der Waals surface area contributed by atoms with Gasteiger partial charge in [-0.05, 0) is 42.3 Å². The zero-order valence-electron chi connectivity index (χ0n) is 11.0. The van der Waals surface area contributed by atoms with Gasteiger partial charge in [0.15, 0.2) is 0 Å². The van der Waals surface area contributed by atoms with E-state index in [-0.39, 0.29) is 0 Å². The summed E-state index contributed by atoms with van der Waals surface area (Å²) < 4.78 is 0. The standard InChI is InChI=1S/C17H15ClN2/c18-15-8-5-13(6-9-15)11-12-19-17-10-7-14-3-1-2-4-16(14)20-17/h1-10H,11-12H2,(H,19,20). The molecule has 0 saturated carbocycles. The molecule has 0 aliphatic heterocycles. The molecule has 0 spiro atoms. The molecular formula is C17H15ClN2. The number of anilines is 1. The molecule has 0 unspecified atom stereocenters. The lowest BCUT2D eigenvalue weighted by Gasteiger charge is -2.07. The molecule has 0 saturated heterocycles. The number of hydrogen-bond acceptors (Lipinski definition) is 2. The lowest BCUT2D eigenvalue weighted by molar-refractivity contribution is 1.01. The van der Waals surface area contributed by atoms with Crippen molar-refractivity contribution in [2.24, 2.45) is 0 Å². The molecule has 0 aliphatic rings. The third-order valence-electron chi connectivity index (χ3n) is 3.23. The maximum Gasteiger partial charge on any atom is 0.126 e. The van der Waals surface area contributed by atoms with Gasteiger partial charge in [0.05, 0.1) is 5.52 Å². The molecule has 0 bridgehead atoms. The first-order valence-electron chi connectivity index (χ1n) is 6.65. The van der Waals surface area contributed by atoms with E-state index >= 15 is 0 Å². The van der Waals surface area contributed by atoms with E-state index in [0.717, 1.165) is 34.7 Å². The van der Waals surface area contributed by atoms with E-state index in [1.807, 2.05) is 36.4 Å². The van der Waals surface area contributed by atoms with E-state index in [1.54, 1.807) is 0 Å². The summed E-state index contributed by atoms with van der Waals surface area (Å²) in [4.78, 5) is 4.59. The van der Waals surface area contributed by atoms with Gasteiger partial charge in [0.2, 0.25) is 0 Å². The fourth-order valence-corrected chi connectivity index (χ4v) is 2.28. The van der Waals surface area contributed by atoms with Crippen LogP contribution >= 0.6 is 11.6 Å². The molecule has 0 radical (unpaired) electrons. The fourth-order valence-electron chi connectivity index (χ4n) is 2.15. The molecular weight excluding hydrogens is 268 g/mol. The second kappa shape index (κ2) is 5.93. The monoisotopic (exact) mass is 282 g/mol. The number of aromatic nitrogens is 1. The Morgan fingerprint density at radius 2 is 1.70 bits per heavy atom. The molecule has 0 aliphatic carbocycles. The summed E-state index contributed by atoms with van der Waals surface area (Å²) in [5, 5.41) is 5.29. The second-order valence-electron chi connectivity index (χ2n) is 4.69. The number of para-hydroxylation sites is 1. The van der Waals surface area contributed by atoms with Crippen molar-refractivity contribution in [3.8, 4) is 0 Å². The largest absolute Gasteiger partial charge is 0.370 e. The summed E-state index contributed by atoms with van der Waals surface area (Å²) in [6.07, 6.45) is 0.950. The van der Waals surface area contributed by atoms with Crippen LogP contribution in [0, 0.1) is 0 Å². The van der Waals surface area contributed by atoms with Crippen LogP contribution in [0.1, 0.15) is 5.56 Å². The molecule has 0 amide bonds. The van der Waals surface area contributed by atoms with Crippen molar-refractivity contribution in [3.63, 3.8) is 0 Å². The van der Waals surface area contributed by atoms with Crippen molar-refractivity contribution in [1.82, 2.24) is 4.98 Å². The number of nitrogens with one attached hydrogen (secondary N) is 1. The molecule has 3 aromatic rings. The van der Waals surface area contributed by atoms with Gasteiger partial charge in [-0.3, -0.25) is 0 Å². The number of hydrogen-bond donors (Lipinski definition) is 1. The summed E-state index contributed by atoms with van der Waals surface area (Å²) >= 11 is 5.87. The third kappa shape index (κ3) is 3.09. The fraction of sp³-hybridized carbons (Fsp3) is 0.118. The first-order chi connectivity index (χ1) is 9.81. The SMILES string of the molecule is Clc1ccc(CCNc2ccc3ccccc3n2)cc1. The third-order valence-corrected chi connectivity index (χ3v) is 3.48. The smallest absolute Gasteiger partial charge is 0.126 e. The lowest BCUT2D eigenvalue weighted by Crippen LogP contribution is -2.06. The van der Waals surface area contributed by atoms with E-state index in [1.165, 1.54) is 5.56 Å². The molecule has 0 fully saturated rings. The van der Waals surface area contributed by atoms with Crippen molar-refractivity contribution in [1.29, 1.82) is 0 Å². The van der Waals surface area contributed by atoms with Crippen LogP contribution in [0.5, 0.6) is 0 Å². The Labute approximate surface area is 123 Å². The topological polar surface area (TPSA) is 24.9 Å². The summed E-state index contributed by atoms with van der Waals surface area (Å²) in [5.74, 6) is 0.915. The van der Waals surface area contributed by atoms with Crippen molar-refractivity contribution in [2.45, 2.75) is 6.42 Å². The Morgan fingerprint density at radius 1 is 0.900 bits per heavy atom. The Kier molecular flexibility index (Phi) is 3.84. The second-order valence-corrected chi connectivity index (χ2v) is 5.13. The van der Waals surface area contributed by atoms with Gasteiger partial charge >= 0.3 is 0 Å². The normalized spacial score (nSPS) is 10.7. The van der Waals surface area contributed by atoms with Gasteiger partial charge in [0.25, 0.3) is 0 Å². The van der Waals surface area contributed by atoms with Crippen LogP contribution in [0.3, 0.4) is 0 Å². The minimum atomic E-state index is 0.776. The van der Waals surface area contributed by atoms with Crippen LogP contribution < -0.4 is 5.32 Å². The molecule has 3 rings (SSSR count). The van der Waals surface area contributed by atoms with Crippen LogP contribution in [-0.2, 0) is 6.42 Å². The highest BCUT2D eigenvalue weighted by molar-refractivity contribution is 6.30. The zero-order chi connectivity index (χ0) is 13.8. The molecule has 1 heterocycles. The average molecular weight is 283 g/mol. The molecule has 100 valence electrons. The summed E-state index contributed by atoms with van der Waals surface area (Å²) in [7, 11) is 0. The lowest BCUT2D eigenvalue weighted by atomic mass is 10.1. The average Bonchev–Trinajstić information content (AvgIpc) is 2.49. The first-order valence-corrected chi connectivity index (χ1v) is 7.03. The van der Waals surface area contributed by atoms with Crippen LogP contribution in [0.4, 0.5) is 5.82 Å². The van der Waals surface area contributed by atoms with Crippen LogP contribution in [0.2, 0.25) is 5.02 Å². The van der Waals surface area contributed by atoms with Crippen molar-refractivity contribution in [3.05, 3.63) is 71.2 Å². The number of benzene rings is 2. The van der Waals surface area contributed by atoms with Crippen molar-refractivity contribution >= 4 is 28.3 Å². The minimum Gasteiger partial charge on any atom is -0.370 e. The van der Waals surface area contributed by atoms with Gasteiger partial charge < -0.3 is 5.32 Å². The van der Waals surface area contributed by atoms with Crippen molar-refractivity contribution in [2.75, 3.05) is 11.9 Å². The minimum absolute atomic E-state index is 0.776. The summed E-state index contributed by atoms with van der Waals surface area (Å²) in [6.45, 7) is 0.854. The zero-order valence-corrected chi connectivity index (χ0v) is 11.8. The van der Waals surface area contributed by atoms with E-state index in [2.05, 4.69) is 34.6 Å². The molecule has 20 heavy (non-hydrogen) atoms. The maximum atomic E-state index is 5.87. The van der Waals surface area contributed by atoms with Gasteiger partial charge in [-0.2, -0.15) is 0 Å². The molecule has 2 nitrogen and oxygen atoms in total. The van der Waals surface area contributed by atoms with E-state index < -0.39 is 0 Å². The maximum absolute atomic E-state index is 5.87. The molecule has 2 aromatic carbocycles. The van der Waals surface area contributed by atoms with Crippen LogP contribution in [0.25, 0.3) is 10.9 Å². The van der Waals surface area contributed by atoms with Gasteiger partial charge in [-0.15, -0.1) is 0 Å². The number of pyridine rings is 1. The molecule has 3 heteroatoms. The Balaban J connectivity index is 1.63. The Morgan fingerprint density at radius 3 is 2.55 bits per heavy atom. The summed E-state index contributed by atoms with van der Waals surface area (Å²) in [6, 6.07) is 20.2. The Hall–Kier alpha value is -2.06. The molecule has 1 N–H and O–H groups in total. The van der Waals surface area contributed by atoms with Gasteiger partial charge in [-0.1, -0.05) is 41.9 Å². The van der Waals surface area contributed by atoms with Crippen molar-refractivity contribution < 1.29 is 0 Å². The number of rotatable bonds is 4. The van der Waals surface area contributed by atoms with E-state index in [4.69, 9.17) is 11.6 Å². The highest BCUT2D eigenvalue weighted by Crippen LogP contribution is 2.15. The Bertz CT molecular complexity index is 708. The summed E-state index contributed by atoms with van der Waals surface area (Å²) in [5.41, 5.74) is 2.28. The van der Waals surface area contributed by atoms with E-state index in [9.17, 15) is 0 Å². The van der Waals surface area contributed by atoms with Crippen LogP contribution in [0.15, 0.2) is 60.7 Å². The number of fused-ring (bicyclic) bond motifs is 1. The predicted molar refractivity (Wildman–Crippen MR) is 85.4 cm³/mol. The number of halogens is 1.